The number of likely N-dealkylation sites (tertiary alicyclic amines) is 1. The summed E-state index contributed by atoms with van der Waals surface area (Å²) >= 11 is 5.95. The third-order valence-electron chi connectivity index (χ3n) is 5.06. The quantitative estimate of drug-likeness (QED) is 0.852. The Morgan fingerprint density at radius 3 is 2.72 bits per heavy atom. The van der Waals surface area contributed by atoms with Gasteiger partial charge in [-0.3, -0.25) is 9.69 Å². The number of benzene rings is 2. The first kappa shape index (κ1) is 18.0. The number of aryl methyl sites for hydroxylation is 1. The number of nitrogens with zero attached hydrogens (tertiary/aromatic N) is 1. The van der Waals surface area contributed by atoms with Crippen LogP contribution in [0.2, 0.25) is 5.02 Å². The number of amides is 1. The molecule has 1 fully saturated rings. The SMILES string of the molecule is Cc1cccc(NC(=O)[C@@H]2CCCN(Cc3ccc(Cl)cc3)C2)c1C. The van der Waals surface area contributed by atoms with E-state index in [2.05, 4.69) is 42.3 Å². The minimum Gasteiger partial charge on any atom is -0.326 e. The summed E-state index contributed by atoms with van der Waals surface area (Å²) in [6.07, 6.45) is 2.01. The monoisotopic (exact) mass is 356 g/mol. The maximum atomic E-state index is 12.7. The van der Waals surface area contributed by atoms with Gasteiger partial charge in [-0.1, -0.05) is 35.9 Å². The highest BCUT2D eigenvalue weighted by atomic mass is 35.5. The van der Waals surface area contributed by atoms with Crippen molar-refractivity contribution in [3.05, 3.63) is 64.2 Å². The molecule has 0 spiro atoms. The molecular weight excluding hydrogens is 332 g/mol. The Balaban J connectivity index is 1.61. The first-order chi connectivity index (χ1) is 12.0. The Kier molecular flexibility index (Phi) is 5.77. The van der Waals surface area contributed by atoms with Gasteiger partial charge in [0, 0.05) is 23.8 Å². The average Bonchev–Trinajstić information content (AvgIpc) is 2.61. The topological polar surface area (TPSA) is 32.3 Å². The molecule has 132 valence electrons. The Morgan fingerprint density at radius 1 is 1.20 bits per heavy atom. The Bertz CT molecular complexity index is 742. The van der Waals surface area contributed by atoms with Gasteiger partial charge in [0.2, 0.25) is 5.91 Å². The molecule has 3 nitrogen and oxygen atoms in total. The minimum absolute atomic E-state index is 0.0426. The molecule has 4 heteroatoms. The largest absolute Gasteiger partial charge is 0.326 e. The molecule has 0 bridgehead atoms. The molecule has 1 heterocycles. The van der Waals surface area contributed by atoms with Gasteiger partial charge in [-0.2, -0.15) is 0 Å². The number of carbonyl (C=O) groups is 1. The highest BCUT2D eigenvalue weighted by molar-refractivity contribution is 6.30. The lowest BCUT2D eigenvalue weighted by Gasteiger charge is -2.32. The summed E-state index contributed by atoms with van der Waals surface area (Å²) in [5, 5.41) is 3.89. The number of anilines is 1. The second kappa shape index (κ2) is 8.03. The van der Waals surface area contributed by atoms with Crippen molar-refractivity contribution in [3.63, 3.8) is 0 Å². The standard InChI is InChI=1S/C21H25ClN2O/c1-15-5-3-7-20(16(15)2)23-21(25)18-6-4-12-24(14-18)13-17-8-10-19(22)11-9-17/h3,5,7-11,18H,4,6,12-14H2,1-2H3,(H,23,25)/t18-/m1/s1. The van der Waals surface area contributed by atoms with E-state index in [1.54, 1.807) is 0 Å². The number of halogens is 1. The van der Waals surface area contributed by atoms with Gasteiger partial charge in [0.25, 0.3) is 0 Å². The summed E-state index contributed by atoms with van der Waals surface area (Å²) in [5.74, 6) is 0.176. The highest BCUT2D eigenvalue weighted by Gasteiger charge is 2.26. The van der Waals surface area contributed by atoms with Crippen molar-refractivity contribution in [3.8, 4) is 0 Å². The predicted molar refractivity (Wildman–Crippen MR) is 104 cm³/mol. The third-order valence-corrected chi connectivity index (χ3v) is 5.31. The van der Waals surface area contributed by atoms with Crippen LogP contribution in [0.3, 0.4) is 0 Å². The fourth-order valence-corrected chi connectivity index (χ4v) is 3.51. The van der Waals surface area contributed by atoms with Gasteiger partial charge in [0.15, 0.2) is 0 Å². The number of carbonyl (C=O) groups excluding carboxylic acids is 1. The summed E-state index contributed by atoms with van der Waals surface area (Å²) in [6, 6.07) is 14.0. The Morgan fingerprint density at radius 2 is 1.96 bits per heavy atom. The summed E-state index contributed by atoms with van der Waals surface area (Å²) < 4.78 is 0. The summed E-state index contributed by atoms with van der Waals surface area (Å²) in [7, 11) is 0. The van der Waals surface area contributed by atoms with Crippen molar-refractivity contribution in [2.45, 2.75) is 33.2 Å². The van der Waals surface area contributed by atoms with Gasteiger partial charge in [-0.05, 0) is 68.1 Å². The lowest BCUT2D eigenvalue weighted by Crippen LogP contribution is -2.40. The molecule has 0 unspecified atom stereocenters. The van der Waals surface area contributed by atoms with E-state index in [1.165, 1.54) is 11.1 Å². The minimum atomic E-state index is 0.0426. The maximum absolute atomic E-state index is 12.7. The Labute approximate surface area is 155 Å². The van der Waals surface area contributed by atoms with Gasteiger partial charge in [-0.15, -0.1) is 0 Å². The van der Waals surface area contributed by atoms with Crippen molar-refractivity contribution in [2.75, 3.05) is 18.4 Å². The van der Waals surface area contributed by atoms with Crippen LogP contribution in [0.25, 0.3) is 0 Å². The zero-order chi connectivity index (χ0) is 17.8. The average molecular weight is 357 g/mol. The van der Waals surface area contributed by atoms with E-state index in [-0.39, 0.29) is 11.8 Å². The molecule has 0 aromatic heterocycles. The molecule has 1 saturated heterocycles. The molecule has 25 heavy (non-hydrogen) atoms. The zero-order valence-electron chi connectivity index (χ0n) is 14.9. The van der Waals surface area contributed by atoms with Crippen LogP contribution in [0.1, 0.15) is 29.5 Å². The van der Waals surface area contributed by atoms with Crippen LogP contribution in [-0.4, -0.2) is 23.9 Å². The van der Waals surface area contributed by atoms with Crippen LogP contribution in [-0.2, 0) is 11.3 Å². The van der Waals surface area contributed by atoms with Gasteiger partial charge in [0.05, 0.1) is 5.92 Å². The first-order valence-electron chi connectivity index (χ1n) is 8.87. The predicted octanol–water partition coefficient (Wildman–Crippen LogP) is 4.81. The molecule has 1 amide bonds. The molecular formula is C21H25ClN2O. The Hall–Kier alpha value is -1.84. The normalized spacial score (nSPS) is 18.1. The van der Waals surface area contributed by atoms with Crippen molar-refractivity contribution in [1.29, 1.82) is 0 Å². The first-order valence-corrected chi connectivity index (χ1v) is 9.24. The van der Waals surface area contributed by atoms with E-state index >= 15 is 0 Å². The number of piperidine rings is 1. The second-order valence-electron chi connectivity index (χ2n) is 6.94. The van der Waals surface area contributed by atoms with Crippen LogP contribution in [0, 0.1) is 19.8 Å². The molecule has 1 N–H and O–H groups in total. The molecule has 0 radical (unpaired) electrons. The summed E-state index contributed by atoms with van der Waals surface area (Å²) in [4.78, 5) is 15.1. The molecule has 0 aliphatic carbocycles. The fourth-order valence-electron chi connectivity index (χ4n) is 3.38. The van der Waals surface area contributed by atoms with Crippen molar-refractivity contribution >= 4 is 23.2 Å². The molecule has 1 aliphatic rings. The van der Waals surface area contributed by atoms with E-state index < -0.39 is 0 Å². The van der Waals surface area contributed by atoms with Crippen LogP contribution in [0.15, 0.2) is 42.5 Å². The van der Waals surface area contributed by atoms with Crippen LogP contribution >= 0.6 is 11.6 Å². The van der Waals surface area contributed by atoms with E-state index in [1.807, 2.05) is 24.3 Å². The lowest BCUT2D eigenvalue weighted by atomic mass is 9.96. The smallest absolute Gasteiger partial charge is 0.228 e. The second-order valence-corrected chi connectivity index (χ2v) is 7.37. The number of hydrogen-bond donors (Lipinski definition) is 1. The van der Waals surface area contributed by atoms with Crippen LogP contribution < -0.4 is 5.32 Å². The van der Waals surface area contributed by atoms with E-state index in [4.69, 9.17) is 11.6 Å². The van der Waals surface area contributed by atoms with Gasteiger partial charge >= 0.3 is 0 Å². The molecule has 0 saturated carbocycles. The summed E-state index contributed by atoms with van der Waals surface area (Å²) in [6.45, 7) is 6.83. The van der Waals surface area contributed by atoms with Crippen LogP contribution in [0.5, 0.6) is 0 Å². The van der Waals surface area contributed by atoms with Gasteiger partial charge < -0.3 is 5.32 Å². The third kappa shape index (κ3) is 4.62. The molecule has 2 aromatic rings. The van der Waals surface area contributed by atoms with E-state index in [9.17, 15) is 4.79 Å². The van der Waals surface area contributed by atoms with Crippen molar-refractivity contribution in [1.82, 2.24) is 4.90 Å². The van der Waals surface area contributed by atoms with E-state index in [0.29, 0.717) is 0 Å². The molecule has 1 aliphatic heterocycles. The molecule has 1 atom stereocenters. The highest BCUT2D eigenvalue weighted by Crippen LogP contribution is 2.23. The van der Waals surface area contributed by atoms with Crippen molar-refractivity contribution in [2.24, 2.45) is 5.92 Å². The van der Waals surface area contributed by atoms with Gasteiger partial charge in [0.1, 0.15) is 0 Å². The lowest BCUT2D eigenvalue weighted by molar-refractivity contribution is -0.121. The summed E-state index contributed by atoms with van der Waals surface area (Å²) in [5.41, 5.74) is 4.51. The van der Waals surface area contributed by atoms with Crippen LogP contribution in [0.4, 0.5) is 5.69 Å². The van der Waals surface area contributed by atoms with Crippen molar-refractivity contribution < 1.29 is 4.79 Å². The maximum Gasteiger partial charge on any atom is 0.228 e. The van der Waals surface area contributed by atoms with Gasteiger partial charge in [-0.25, -0.2) is 0 Å². The number of rotatable bonds is 4. The number of nitrogens with one attached hydrogen (secondary N) is 1. The fraction of sp³-hybridized carbons (Fsp3) is 0.381. The molecule has 2 aromatic carbocycles. The molecule has 3 rings (SSSR count). The number of hydrogen-bond acceptors (Lipinski definition) is 2. The van der Waals surface area contributed by atoms with E-state index in [0.717, 1.165) is 48.7 Å². The zero-order valence-corrected chi connectivity index (χ0v) is 15.6.